The van der Waals surface area contributed by atoms with E-state index in [-0.39, 0.29) is 21.5 Å². The van der Waals surface area contributed by atoms with Crippen LogP contribution in [0.2, 0.25) is 5.02 Å². The fourth-order valence-corrected chi connectivity index (χ4v) is 4.37. The van der Waals surface area contributed by atoms with E-state index >= 15 is 0 Å². The highest BCUT2D eigenvalue weighted by Gasteiger charge is 2.26. The first-order valence-corrected chi connectivity index (χ1v) is 8.72. The molecular formula is C14H18ClNO4S. The summed E-state index contributed by atoms with van der Waals surface area (Å²) in [6.45, 7) is 1.86. The number of carbonyl (C=O) groups is 1. The molecule has 116 valence electrons. The predicted molar refractivity (Wildman–Crippen MR) is 80.2 cm³/mol. The van der Waals surface area contributed by atoms with Gasteiger partial charge in [0.1, 0.15) is 0 Å². The summed E-state index contributed by atoms with van der Waals surface area (Å²) in [5, 5.41) is 8.81. The maximum absolute atomic E-state index is 12.3. The van der Waals surface area contributed by atoms with Gasteiger partial charge in [0.2, 0.25) is 10.0 Å². The number of sulfonamides is 1. The lowest BCUT2D eigenvalue weighted by molar-refractivity contribution is 0.0697. The van der Waals surface area contributed by atoms with E-state index in [1.54, 1.807) is 0 Å². The Morgan fingerprint density at radius 1 is 1.38 bits per heavy atom. The Bertz CT molecular complexity index is 638. The van der Waals surface area contributed by atoms with Gasteiger partial charge in [-0.3, -0.25) is 0 Å². The molecule has 0 saturated heterocycles. The minimum atomic E-state index is -3.69. The molecule has 1 aromatic rings. The van der Waals surface area contributed by atoms with Crippen LogP contribution < -0.4 is 4.72 Å². The summed E-state index contributed by atoms with van der Waals surface area (Å²) in [5.74, 6) is -0.829. The third kappa shape index (κ3) is 3.75. The molecule has 1 fully saturated rings. The smallest absolute Gasteiger partial charge is 0.337 e. The number of carboxylic acid groups (broad SMARTS) is 1. The van der Waals surface area contributed by atoms with Crippen molar-refractivity contribution >= 4 is 27.6 Å². The monoisotopic (exact) mass is 331 g/mol. The van der Waals surface area contributed by atoms with Gasteiger partial charge in [-0.25, -0.2) is 17.9 Å². The Hall–Kier alpha value is -1.11. The Kier molecular flexibility index (Phi) is 4.91. The molecule has 2 rings (SSSR count). The molecule has 5 nitrogen and oxygen atoms in total. The predicted octanol–water partition coefficient (Wildman–Crippen LogP) is 2.90. The molecule has 1 aromatic carbocycles. The van der Waals surface area contributed by atoms with E-state index in [1.165, 1.54) is 18.2 Å². The molecule has 1 atom stereocenters. The molecule has 0 amide bonds. The Labute approximate surface area is 129 Å². The number of benzene rings is 1. The van der Waals surface area contributed by atoms with Gasteiger partial charge >= 0.3 is 5.97 Å². The second-order valence-corrected chi connectivity index (χ2v) is 7.52. The van der Waals surface area contributed by atoms with Crippen molar-refractivity contribution in [1.29, 1.82) is 0 Å². The molecule has 2 N–H and O–H groups in total. The van der Waals surface area contributed by atoms with Gasteiger partial charge in [0, 0.05) is 6.04 Å². The molecule has 1 saturated carbocycles. The fourth-order valence-electron chi connectivity index (χ4n) is 2.70. The summed E-state index contributed by atoms with van der Waals surface area (Å²) in [7, 11) is -3.69. The second kappa shape index (κ2) is 6.34. The molecule has 0 heterocycles. The van der Waals surface area contributed by atoms with Crippen molar-refractivity contribution in [1.82, 2.24) is 4.72 Å². The van der Waals surface area contributed by atoms with E-state index in [2.05, 4.69) is 4.72 Å². The summed E-state index contributed by atoms with van der Waals surface area (Å²) in [6, 6.07) is 3.50. The van der Waals surface area contributed by atoms with Crippen molar-refractivity contribution in [3.63, 3.8) is 0 Å². The summed E-state index contributed by atoms with van der Waals surface area (Å²) >= 11 is 5.82. The first kappa shape index (κ1) is 16.3. The zero-order valence-corrected chi connectivity index (χ0v) is 13.2. The van der Waals surface area contributed by atoms with E-state index in [0.717, 1.165) is 25.7 Å². The van der Waals surface area contributed by atoms with Gasteiger partial charge in [0.25, 0.3) is 0 Å². The Morgan fingerprint density at radius 3 is 2.52 bits per heavy atom. The summed E-state index contributed by atoms with van der Waals surface area (Å²) in [4.78, 5) is 10.9. The molecule has 1 unspecified atom stereocenters. The van der Waals surface area contributed by atoms with E-state index in [0.29, 0.717) is 5.92 Å². The largest absolute Gasteiger partial charge is 0.478 e. The van der Waals surface area contributed by atoms with Crippen LogP contribution in [0.5, 0.6) is 0 Å². The van der Waals surface area contributed by atoms with E-state index < -0.39 is 16.0 Å². The van der Waals surface area contributed by atoms with Crippen molar-refractivity contribution < 1.29 is 18.3 Å². The number of aromatic carboxylic acids is 1. The first-order chi connectivity index (χ1) is 9.81. The van der Waals surface area contributed by atoms with Gasteiger partial charge in [-0.2, -0.15) is 0 Å². The van der Waals surface area contributed by atoms with Crippen LogP contribution in [0.4, 0.5) is 0 Å². The molecule has 1 aliphatic carbocycles. The van der Waals surface area contributed by atoms with Gasteiger partial charge in [0.05, 0.1) is 15.5 Å². The highest BCUT2D eigenvalue weighted by Crippen LogP contribution is 2.28. The molecule has 21 heavy (non-hydrogen) atoms. The molecule has 0 spiro atoms. The molecule has 7 heteroatoms. The molecule has 0 aromatic heterocycles. The van der Waals surface area contributed by atoms with Crippen LogP contribution >= 0.6 is 11.6 Å². The van der Waals surface area contributed by atoms with E-state index in [4.69, 9.17) is 16.7 Å². The minimum absolute atomic E-state index is 0.0117. The lowest BCUT2D eigenvalue weighted by Gasteiger charge is -2.20. The molecule has 0 radical (unpaired) electrons. The number of nitrogens with one attached hydrogen (secondary N) is 1. The molecule has 1 aliphatic rings. The third-order valence-corrected chi connectivity index (χ3v) is 5.80. The summed E-state index contributed by atoms with van der Waals surface area (Å²) < 4.78 is 27.3. The van der Waals surface area contributed by atoms with Gasteiger partial charge < -0.3 is 5.11 Å². The highest BCUT2D eigenvalue weighted by molar-refractivity contribution is 7.89. The van der Waals surface area contributed by atoms with Crippen LogP contribution in [0.1, 0.15) is 43.0 Å². The highest BCUT2D eigenvalue weighted by atomic mass is 35.5. The molecule has 0 bridgehead atoms. The van der Waals surface area contributed by atoms with E-state index in [9.17, 15) is 13.2 Å². The lowest BCUT2D eigenvalue weighted by Crippen LogP contribution is -2.37. The van der Waals surface area contributed by atoms with Crippen molar-refractivity contribution in [2.24, 2.45) is 5.92 Å². The number of halogens is 1. The fraction of sp³-hybridized carbons (Fsp3) is 0.500. The van der Waals surface area contributed by atoms with Gasteiger partial charge in [0.15, 0.2) is 0 Å². The lowest BCUT2D eigenvalue weighted by atomic mass is 10.0. The molecule has 0 aliphatic heterocycles. The SMILES string of the molecule is CC(NS(=O)(=O)c1ccc(C(=O)O)c(Cl)c1)C1CCCC1. The average molecular weight is 332 g/mol. The topological polar surface area (TPSA) is 83.5 Å². The Morgan fingerprint density at radius 2 is 2.00 bits per heavy atom. The average Bonchev–Trinajstić information content (AvgIpc) is 2.91. The maximum atomic E-state index is 12.3. The number of hydrogen-bond acceptors (Lipinski definition) is 3. The summed E-state index contributed by atoms with van der Waals surface area (Å²) in [6.07, 6.45) is 4.33. The van der Waals surface area contributed by atoms with Crippen molar-refractivity contribution in [2.75, 3.05) is 0 Å². The van der Waals surface area contributed by atoms with Crippen LogP contribution in [0.25, 0.3) is 0 Å². The quantitative estimate of drug-likeness (QED) is 0.869. The number of rotatable bonds is 5. The van der Waals surface area contributed by atoms with Gasteiger partial charge in [-0.15, -0.1) is 0 Å². The van der Waals surface area contributed by atoms with Crippen molar-refractivity contribution in [3.8, 4) is 0 Å². The second-order valence-electron chi connectivity index (χ2n) is 5.40. The van der Waals surface area contributed by atoms with Crippen LogP contribution in [0.15, 0.2) is 23.1 Å². The van der Waals surface area contributed by atoms with Crippen LogP contribution in [-0.2, 0) is 10.0 Å². The first-order valence-electron chi connectivity index (χ1n) is 6.86. The van der Waals surface area contributed by atoms with Gasteiger partial charge in [-0.1, -0.05) is 24.4 Å². The van der Waals surface area contributed by atoms with Gasteiger partial charge in [-0.05, 0) is 43.9 Å². The summed E-state index contributed by atoms with van der Waals surface area (Å²) in [5.41, 5.74) is -0.112. The normalized spacial score (nSPS) is 17.8. The van der Waals surface area contributed by atoms with Crippen LogP contribution in [0.3, 0.4) is 0 Å². The standard InChI is InChI=1S/C14H18ClNO4S/c1-9(10-4-2-3-5-10)16-21(19,20)11-6-7-12(14(17)18)13(15)8-11/h6-10,16H,2-5H2,1H3,(H,17,18). The maximum Gasteiger partial charge on any atom is 0.337 e. The number of hydrogen-bond donors (Lipinski definition) is 2. The number of carboxylic acids is 1. The minimum Gasteiger partial charge on any atom is -0.478 e. The Balaban J connectivity index is 2.19. The zero-order valence-electron chi connectivity index (χ0n) is 11.7. The van der Waals surface area contributed by atoms with Crippen LogP contribution in [-0.4, -0.2) is 25.5 Å². The van der Waals surface area contributed by atoms with E-state index in [1.807, 2.05) is 6.92 Å². The van der Waals surface area contributed by atoms with Crippen molar-refractivity contribution in [3.05, 3.63) is 28.8 Å². The van der Waals surface area contributed by atoms with Crippen LogP contribution in [0, 0.1) is 5.92 Å². The zero-order chi connectivity index (χ0) is 15.6. The van der Waals surface area contributed by atoms with Crippen molar-refractivity contribution in [2.45, 2.75) is 43.5 Å². The third-order valence-electron chi connectivity index (χ3n) is 3.93. The molecular weight excluding hydrogens is 314 g/mol.